The molecule has 0 aliphatic heterocycles. The van der Waals surface area contributed by atoms with Crippen LogP contribution in [0.4, 0.5) is 11.5 Å². The highest BCUT2D eigenvalue weighted by molar-refractivity contribution is 6.30. The van der Waals surface area contributed by atoms with Crippen molar-refractivity contribution in [1.82, 2.24) is 4.98 Å². The molecule has 0 fully saturated rings. The van der Waals surface area contributed by atoms with Gasteiger partial charge in [-0.05, 0) is 13.0 Å². The number of methoxy groups -OCH3 is 1. The number of rotatable bonds is 6. The molecule has 0 aromatic carbocycles. The second-order valence-corrected chi connectivity index (χ2v) is 4.62. The third kappa shape index (κ3) is 4.77. The zero-order chi connectivity index (χ0) is 12.9. The number of nitrogens with two attached hydrogens (primary N) is 1. The third-order valence-electron chi connectivity index (χ3n) is 2.37. The van der Waals surface area contributed by atoms with Crippen LogP contribution >= 0.6 is 11.6 Å². The molecular weight excluding hydrogens is 242 g/mol. The standard InChI is InChI=1S/C11H18ClN3O2/c1-11(16,3-4-17-2)7-15-10-9(13)5-8(12)6-14-10/h5-6,16H,3-4,7,13H2,1-2H3,(H,14,15). The van der Waals surface area contributed by atoms with E-state index in [-0.39, 0.29) is 0 Å². The first-order valence-electron chi connectivity index (χ1n) is 5.31. The van der Waals surface area contributed by atoms with Crippen LogP contribution in [0.25, 0.3) is 0 Å². The quantitative estimate of drug-likeness (QED) is 0.722. The second kappa shape index (κ2) is 6.05. The Morgan fingerprint density at radius 3 is 2.94 bits per heavy atom. The van der Waals surface area contributed by atoms with Gasteiger partial charge in [-0.1, -0.05) is 11.6 Å². The van der Waals surface area contributed by atoms with Crippen molar-refractivity contribution in [2.75, 3.05) is 31.3 Å². The van der Waals surface area contributed by atoms with Crippen LogP contribution in [0.1, 0.15) is 13.3 Å². The Bertz CT molecular complexity index is 372. The third-order valence-corrected chi connectivity index (χ3v) is 2.57. The number of pyridine rings is 1. The molecule has 17 heavy (non-hydrogen) atoms. The highest BCUT2D eigenvalue weighted by atomic mass is 35.5. The molecule has 0 bridgehead atoms. The van der Waals surface area contributed by atoms with Crippen LogP contribution in [-0.2, 0) is 4.74 Å². The van der Waals surface area contributed by atoms with Gasteiger partial charge in [-0.15, -0.1) is 0 Å². The minimum absolute atomic E-state index is 0.342. The van der Waals surface area contributed by atoms with Crippen molar-refractivity contribution in [2.24, 2.45) is 0 Å². The normalized spacial score (nSPS) is 14.4. The van der Waals surface area contributed by atoms with Crippen molar-refractivity contribution >= 4 is 23.1 Å². The van der Waals surface area contributed by atoms with E-state index in [0.29, 0.717) is 36.1 Å². The number of ether oxygens (including phenoxy) is 1. The first-order valence-corrected chi connectivity index (χ1v) is 5.68. The van der Waals surface area contributed by atoms with Crippen LogP contribution in [-0.4, -0.2) is 36.0 Å². The summed E-state index contributed by atoms with van der Waals surface area (Å²) in [4.78, 5) is 4.05. The van der Waals surface area contributed by atoms with Gasteiger partial charge in [0.1, 0.15) is 5.82 Å². The fourth-order valence-electron chi connectivity index (χ4n) is 1.29. The van der Waals surface area contributed by atoms with Crippen molar-refractivity contribution in [3.05, 3.63) is 17.3 Å². The molecule has 0 amide bonds. The van der Waals surface area contributed by atoms with Gasteiger partial charge < -0.3 is 20.9 Å². The average molecular weight is 260 g/mol. The predicted molar refractivity (Wildman–Crippen MR) is 69.3 cm³/mol. The largest absolute Gasteiger partial charge is 0.396 e. The highest BCUT2D eigenvalue weighted by Crippen LogP contribution is 2.20. The molecule has 4 N–H and O–H groups in total. The average Bonchev–Trinajstić information content (AvgIpc) is 2.25. The maximum atomic E-state index is 10.0. The molecule has 1 rings (SSSR count). The number of anilines is 2. The zero-order valence-electron chi connectivity index (χ0n) is 10.0. The predicted octanol–water partition coefficient (Wildman–Crippen LogP) is 1.52. The van der Waals surface area contributed by atoms with Crippen LogP contribution in [0.5, 0.6) is 0 Å². The van der Waals surface area contributed by atoms with E-state index in [9.17, 15) is 5.11 Å². The molecule has 1 atom stereocenters. The van der Waals surface area contributed by atoms with E-state index in [0.717, 1.165) is 0 Å². The summed E-state index contributed by atoms with van der Waals surface area (Å²) in [5.41, 5.74) is 5.32. The molecule has 1 heterocycles. The van der Waals surface area contributed by atoms with Crippen molar-refractivity contribution in [2.45, 2.75) is 18.9 Å². The van der Waals surface area contributed by atoms with Crippen LogP contribution in [0.15, 0.2) is 12.3 Å². The van der Waals surface area contributed by atoms with Crippen molar-refractivity contribution in [3.8, 4) is 0 Å². The lowest BCUT2D eigenvalue weighted by Crippen LogP contribution is -2.35. The van der Waals surface area contributed by atoms with E-state index in [1.54, 1.807) is 20.1 Å². The molecule has 0 aliphatic carbocycles. The first-order chi connectivity index (χ1) is 7.94. The van der Waals surface area contributed by atoms with Gasteiger partial charge in [-0.3, -0.25) is 0 Å². The summed E-state index contributed by atoms with van der Waals surface area (Å²) in [5.74, 6) is 0.520. The molecule has 0 radical (unpaired) electrons. The lowest BCUT2D eigenvalue weighted by Gasteiger charge is -2.23. The van der Waals surface area contributed by atoms with E-state index < -0.39 is 5.60 Å². The van der Waals surface area contributed by atoms with Gasteiger partial charge in [-0.2, -0.15) is 0 Å². The van der Waals surface area contributed by atoms with Gasteiger partial charge in [0.25, 0.3) is 0 Å². The van der Waals surface area contributed by atoms with Crippen molar-refractivity contribution in [1.29, 1.82) is 0 Å². The summed E-state index contributed by atoms with van der Waals surface area (Å²) in [6.07, 6.45) is 2.04. The van der Waals surface area contributed by atoms with Crippen LogP contribution in [0.2, 0.25) is 5.02 Å². The topological polar surface area (TPSA) is 80.4 Å². The fourth-order valence-corrected chi connectivity index (χ4v) is 1.45. The molecule has 0 spiro atoms. The van der Waals surface area contributed by atoms with Gasteiger partial charge in [0.15, 0.2) is 0 Å². The SMILES string of the molecule is COCCC(C)(O)CNc1ncc(Cl)cc1N. The Hall–Kier alpha value is -1.04. The minimum atomic E-state index is -0.871. The number of halogens is 1. The molecule has 0 saturated carbocycles. The number of hydrogen-bond donors (Lipinski definition) is 3. The summed E-state index contributed by atoms with van der Waals surface area (Å²) in [6, 6.07) is 1.61. The van der Waals surface area contributed by atoms with Gasteiger partial charge in [-0.25, -0.2) is 4.98 Å². The Morgan fingerprint density at radius 2 is 2.35 bits per heavy atom. The monoisotopic (exact) mass is 259 g/mol. The van der Waals surface area contributed by atoms with Gasteiger partial charge >= 0.3 is 0 Å². The molecule has 5 nitrogen and oxygen atoms in total. The summed E-state index contributed by atoms with van der Waals surface area (Å²) < 4.78 is 4.92. The smallest absolute Gasteiger partial charge is 0.149 e. The van der Waals surface area contributed by atoms with Gasteiger partial charge in [0.05, 0.1) is 16.3 Å². The van der Waals surface area contributed by atoms with Crippen LogP contribution in [0.3, 0.4) is 0 Å². The van der Waals surface area contributed by atoms with Crippen molar-refractivity contribution in [3.63, 3.8) is 0 Å². The maximum Gasteiger partial charge on any atom is 0.149 e. The minimum Gasteiger partial charge on any atom is -0.396 e. The molecule has 96 valence electrons. The number of nitrogens with zero attached hydrogens (tertiary/aromatic N) is 1. The number of aromatic nitrogens is 1. The number of aliphatic hydroxyl groups is 1. The Labute approximate surface area is 106 Å². The zero-order valence-corrected chi connectivity index (χ0v) is 10.8. The molecular formula is C11H18ClN3O2. The molecule has 0 saturated heterocycles. The van der Waals surface area contributed by atoms with E-state index in [1.165, 1.54) is 6.20 Å². The fraction of sp³-hybridized carbons (Fsp3) is 0.545. The maximum absolute atomic E-state index is 10.0. The summed E-state index contributed by atoms with van der Waals surface area (Å²) >= 11 is 5.74. The van der Waals surface area contributed by atoms with E-state index in [1.807, 2.05) is 0 Å². The van der Waals surface area contributed by atoms with Crippen LogP contribution in [0, 0.1) is 0 Å². The Kier molecular flexibility index (Phi) is 4.99. The van der Waals surface area contributed by atoms with Crippen molar-refractivity contribution < 1.29 is 9.84 Å². The Balaban J connectivity index is 2.54. The summed E-state index contributed by atoms with van der Waals surface area (Å²) in [7, 11) is 1.60. The van der Waals surface area contributed by atoms with Gasteiger partial charge in [0, 0.05) is 32.9 Å². The number of hydrogen-bond acceptors (Lipinski definition) is 5. The second-order valence-electron chi connectivity index (χ2n) is 4.18. The highest BCUT2D eigenvalue weighted by Gasteiger charge is 2.20. The molecule has 1 aromatic heterocycles. The molecule has 1 aromatic rings. The van der Waals surface area contributed by atoms with Crippen LogP contribution < -0.4 is 11.1 Å². The lowest BCUT2D eigenvalue weighted by molar-refractivity contribution is 0.0357. The number of nitrogen functional groups attached to an aromatic ring is 1. The molecule has 6 heteroatoms. The van der Waals surface area contributed by atoms with Gasteiger partial charge in [0.2, 0.25) is 0 Å². The van der Waals surface area contributed by atoms with E-state index in [4.69, 9.17) is 22.1 Å². The summed E-state index contributed by atoms with van der Waals surface area (Å²) in [6.45, 7) is 2.57. The van der Waals surface area contributed by atoms with E-state index >= 15 is 0 Å². The molecule has 0 aliphatic rings. The molecule has 1 unspecified atom stereocenters. The Morgan fingerprint density at radius 1 is 1.65 bits per heavy atom. The first kappa shape index (κ1) is 14.0. The summed E-state index contributed by atoms with van der Waals surface area (Å²) in [5, 5.41) is 13.5. The van der Waals surface area contributed by atoms with E-state index in [2.05, 4.69) is 10.3 Å². The number of nitrogens with one attached hydrogen (secondary N) is 1. The lowest BCUT2D eigenvalue weighted by atomic mass is 10.0.